The molecule has 0 aliphatic carbocycles. The summed E-state index contributed by atoms with van der Waals surface area (Å²) in [5, 5.41) is 5.01. The van der Waals surface area contributed by atoms with Gasteiger partial charge in [0.05, 0.1) is 16.2 Å². The Morgan fingerprint density at radius 1 is 1.22 bits per heavy atom. The number of benzene rings is 2. The summed E-state index contributed by atoms with van der Waals surface area (Å²) in [6.07, 6.45) is 3.14. The average molecular weight is 425 g/mol. The number of para-hydroxylation sites is 1. The van der Waals surface area contributed by atoms with E-state index >= 15 is 0 Å². The van der Waals surface area contributed by atoms with E-state index in [-0.39, 0.29) is 11.9 Å². The second kappa shape index (κ2) is 7.00. The fraction of sp³-hybridized carbons (Fsp3) is 0.150. The van der Waals surface area contributed by atoms with E-state index in [4.69, 9.17) is 4.42 Å². The van der Waals surface area contributed by atoms with Crippen molar-refractivity contribution in [2.75, 3.05) is 7.05 Å². The van der Waals surface area contributed by atoms with Crippen LogP contribution in [-0.2, 0) is 0 Å². The van der Waals surface area contributed by atoms with Gasteiger partial charge in [-0.1, -0.05) is 24.3 Å². The summed E-state index contributed by atoms with van der Waals surface area (Å²) >= 11 is 3.45. The van der Waals surface area contributed by atoms with Crippen molar-refractivity contribution in [1.82, 2.24) is 19.7 Å². The lowest BCUT2D eigenvalue weighted by Gasteiger charge is -2.24. The van der Waals surface area contributed by atoms with E-state index in [1.54, 1.807) is 29.0 Å². The van der Waals surface area contributed by atoms with Crippen LogP contribution in [-0.4, -0.2) is 32.6 Å². The highest BCUT2D eigenvalue weighted by Crippen LogP contribution is 2.29. The second-order valence-electron chi connectivity index (χ2n) is 6.29. The summed E-state index contributed by atoms with van der Waals surface area (Å²) in [4.78, 5) is 18.5. The van der Waals surface area contributed by atoms with E-state index in [1.165, 1.54) is 6.33 Å². The molecule has 4 rings (SSSR count). The molecular weight excluding hydrogens is 408 g/mol. The zero-order valence-corrected chi connectivity index (χ0v) is 16.4. The molecule has 2 heterocycles. The minimum absolute atomic E-state index is 0.112. The SMILES string of the molecule is CC(c1ccc(-n2cncn2)cc1)N(C)C(=O)c1cc2cccc(Br)c2o1. The van der Waals surface area contributed by atoms with Crippen molar-refractivity contribution < 1.29 is 9.21 Å². The fourth-order valence-electron chi connectivity index (χ4n) is 2.95. The van der Waals surface area contributed by atoms with Crippen molar-refractivity contribution in [2.45, 2.75) is 13.0 Å². The number of carbonyl (C=O) groups excluding carboxylic acids is 1. The third-order valence-electron chi connectivity index (χ3n) is 4.67. The van der Waals surface area contributed by atoms with Gasteiger partial charge in [-0.3, -0.25) is 4.79 Å². The predicted octanol–water partition coefficient (Wildman–Crippen LogP) is 4.61. The third-order valence-corrected chi connectivity index (χ3v) is 5.29. The number of hydrogen-bond acceptors (Lipinski definition) is 4. The van der Waals surface area contributed by atoms with Crippen LogP contribution in [0.15, 0.2) is 70.1 Å². The molecule has 0 spiro atoms. The Hall–Kier alpha value is -2.93. The first-order chi connectivity index (χ1) is 13.0. The van der Waals surface area contributed by atoms with Crippen LogP contribution in [0.1, 0.15) is 29.1 Å². The first-order valence-electron chi connectivity index (χ1n) is 8.45. The summed E-state index contributed by atoms with van der Waals surface area (Å²) in [7, 11) is 1.78. The summed E-state index contributed by atoms with van der Waals surface area (Å²) in [6, 6.07) is 15.3. The maximum atomic E-state index is 12.9. The minimum atomic E-state index is -0.161. The Bertz CT molecular complexity index is 1090. The monoisotopic (exact) mass is 424 g/mol. The molecule has 0 radical (unpaired) electrons. The van der Waals surface area contributed by atoms with Crippen LogP contribution in [0.5, 0.6) is 0 Å². The van der Waals surface area contributed by atoms with Crippen molar-refractivity contribution in [3.05, 3.63) is 77.0 Å². The van der Waals surface area contributed by atoms with Crippen molar-refractivity contribution >= 4 is 32.8 Å². The van der Waals surface area contributed by atoms with Crippen molar-refractivity contribution in [1.29, 1.82) is 0 Å². The molecule has 0 N–H and O–H groups in total. The quantitative estimate of drug-likeness (QED) is 0.479. The Morgan fingerprint density at radius 3 is 2.67 bits per heavy atom. The Kier molecular flexibility index (Phi) is 4.53. The van der Waals surface area contributed by atoms with Crippen LogP contribution < -0.4 is 0 Å². The van der Waals surface area contributed by atoms with Crippen LogP contribution in [0.4, 0.5) is 0 Å². The van der Waals surface area contributed by atoms with Crippen LogP contribution in [0.3, 0.4) is 0 Å². The standard InChI is InChI=1S/C20H17BrN4O2/c1-13(14-6-8-16(9-7-14)25-12-22-11-23-25)24(2)20(26)18-10-15-4-3-5-17(21)19(15)27-18/h3-13H,1-2H3. The number of halogens is 1. The number of aromatic nitrogens is 3. The number of rotatable bonds is 4. The molecule has 1 atom stereocenters. The number of nitrogens with zero attached hydrogens (tertiary/aromatic N) is 4. The van der Waals surface area contributed by atoms with E-state index in [9.17, 15) is 4.79 Å². The summed E-state index contributed by atoms with van der Waals surface area (Å²) in [5.41, 5.74) is 2.62. The minimum Gasteiger partial charge on any atom is -0.450 e. The lowest BCUT2D eigenvalue weighted by atomic mass is 10.1. The van der Waals surface area contributed by atoms with Gasteiger partial charge in [-0.15, -0.1) is 0 Å². The maximum absolute atomic E-state index is 12.9. The summed E-state index contributed by atoms with van der Waals surface area (Å²) in [6.45, 7) is 1.99. The molecule has 27 heavy (non-hydrogen) atoms. The van der Waals surface area contributed by atoms with Gasteiger partial charge in [-0.25, -0.2) is 9.67 Å². The highest BCUT2D eigenvalue weighted by molar-refractivity contribution is 9.10. The van der Waals surface area contributed by atoms with Crippen LogP contribution in [0.25, 0.3) is 16.7 Å². The molecule has 7 heteroatoms. The lowest BCUT2D eigenvalue weighted by Crippen LogP contribution is -2.29. The zero-order chi connectivity index (χ0) is 19.0. The van der Waals surface area contributed by atoms with Crippen molar-refractivity contribution in [3.8, 4) is 5.69 Å². The highest BCUT2D eigenvalue weighted by atomic mass is 79.9. The number of amides is 1. The molecule has 0 aliphatic rings. The Balaban J connectivity index is 1.56. The molecule has 4 aromatic rings. The van der Waals surface area contributed by atoms with Gasteiger partial charge in [0, 0.05) is 12.4 Å². The largest absolute Gasteiger partial charge is 0.450 e. The molecule has 2 aromatic heterocycles. The first kappa shape index (κ1) is 17.5. The van der Waals surface area contributed by atoms with Gasteiger partial charge in [0.2, 0.25) is 0 Å². The van der Waals surface area contributed by atoms with Gasteiger partial charge in [0.25, 0.3) is 5.91 Å². The van der Waals surface area contributed by atoms with Crippen LogP contribution in [0, 0.1) is 0 Å². The number of hydrogen-bond donors (Lipinski definition) is 0. The lowest BCUT2D eigenvalue weighted by molar-refractivity contribution is 0.0713. The van der Waals surface area contributed by atoms with E-state index in [0.29, 0.717) is 11.3 Å². The highest BCUT2D eigenvalue weighted by Gasteiger charge is 2.22. The molecular formula is C20H17BrN4O2. The van der Waals surface area contributed by atoms with Crippen molar-refractivity contribution in [2.24, 2.45) is 0 Å². The molecule has 0 bridgehead atoms. The summed E-state index contributed by atoms with van der Waals surface area (Å²) < 4.78 is 8.30. The molecule has 0 aliphatic heterocycles. The van der Waals surface area contributed by atoms with Gasteiger partial charge in [-0.2, -0.15) is 5.10 Å². The normalized spacial score (nSPS) is 12.3. The summed E-state index contributed by atoms with van der Waals surface area (Å²) in [5.74, 6) is 0.163. The Labute approximate surface area is 164 Å². The van der Waals surface area contributed by atoms with E-state index < -0.39 is 0 Å². The van der Waals surface area contributed by atoms with Gasteiger partial charge >= 0.3 is 0 Å². The van der Waals surface area contributed by atoms with Gasteiger partial charge < -0.3 is 9.32 Å². The smallest absolute Gasteiger partial charge is 0.289 e. The van der Waals surface area contributed by atoms with Crippen molar-refractivity contribution in [3.63, 3.8) is 0 Å². The number of fused-ring (bicyclic) bond motifs is 1. The van der Waals surface area contributed by atoms with E-state index in [1.807, 2.05) is 49.4 Å². The predicted molar refractivity (Wildman–Crippen MR) is 106 cm³/mol. The Morgan fingerprint density at radius 2 is 2.00 bits per heavy atom. The number of carbonyl (C=O) groups is 1. The zero-order valence-electron chi connectivity index (χ0n) is 14.8. The third kappa shape index (κ3) is 3.26. The molecule has 136 valence electrons. The van der Waals surface area contributed by atoms with Crippen LogP contribution in [0.2, 0.25) is 0 Å². The molecule has 6 nitrogen and oxygen atoms in total. The molecule has 0 fully saturated rings. The molecule has 2 aromatic carbocycles. The second-order valence-corrected chi connectivity index (χ2v) is 7.15. The van der Waals surface area contributed by atoms with Crippen LogP contribution >= 0.6 is 15.9 Å². The van der Waals surface area contributed by atoms with E-state index in [0.717, 1.165) is 21.1 Å². The van der Waals surface area contributed by atoms with Gasteiger partial charge in [-0.05, 0) is 52.7 Å². The molecule has 0 saturated carbocycles. The first-order valence-corrected chi connectivity index (χ1v) is 9.24. The molecule has 0 saturated heterocycles. The topological polar surface area (TPSA) is 64.2 Å². The fourth-order valence-corrected chi connectivity index (χ4v) is 3.42. The molecule has 1 unspecified atom stereocenters. The molecule has 1 amide bonds. The van der Waals surface area contributed by atoms with Gasteiger partial charge in [0.15, 0.2) is 5.76 Å². The average Bonchev–Trinajstić information content (AvgIpc) is 3.37. The van der Waals surface area contributed by atoms with E-state index in [2.05, 4.69) is 26.0 Å². The van der Waals surface area contributed by atoms with Gasteiger partial charge in [0.1, 0.15) is 18.2 Å². The maximum Gasteiger partial charge on any atom is 0.289 e. The number of furan rings is 1.